The maximum atomic E-state index is 6.17. The van der Waals surface area contributed by atoms with E-state index in [9.17, 15) is 0 Å². The van der Waals surface area contributed by atoms with Crippen LogP contribution in [-0.4, -0.2) is 40.3 Å². The van der Waals surface area contributed by atoms with Crippen molar-refractivity contribution >= 4 is 27.5 Å². The first-order valence-electron chi connectivity index (χ1n) is 6.70. The van der Waals surface area contributed by atoms with E-state index in [4.69, 9.17) is 16.3 Å². The van der Waals surface area contributed by atoms with Gasteiger partial charge >= 0.3 is 0 Å². The predicted octanol–water partition coefficient (Wildman–Crippen LogP) is 0.888. The molecule has 0 amide bonds. The van der Waals surface area contributed by atoms with Gasteiger partial charge in [0, 0.05) is 10.9 Å². The highest BCUT2D eigenvalue weighted by Gasteiger charge is 2.07. The fraction of sp³-hybridized carbons (Fsp3) is 0.571. The first-order chi connectivity index (χ1) is 9.00. The summed E-state index contributed by atoms with van der Waals surface area (Å²) in [7, 11) is 4.35. The molecule has 1 aromatic carbocycles. The largest absolute Gasteiger partial charge is 0.492 e. The molecule has 19 heavy (non-hydrogen) atoms. The molecule has 0 aliphatic carbocycles. The van der Waals surface area contributed by atoms with E-state index < -0.39 is 0 Å². The van der Waals surface area contributed by atoms with Crippen LogP contribution in [0.1, 0.15) is 12.0 Å². The number of hydrogen-bond donors (Lipinski definition) is 2. The van der Waals surface area contributed by atoms with Gasteiger partial charge in [0.25, 0.3) is 0 Å². The third-order valence-corrected chi connectivity index (χ3v) is 3.58. The predicted molar refractivity (Wildman–Crippen MR) is 83.3 cm³/mol. The van der Waals surface area contributed by atoms with Crippen LogP contribution in [0.2, 0.25) is 5.02 Å². The number of halogens is 2. The Morgan fingerprint density at radius 2 is 2.05 bits per heavy atom. The quantitative estimate of drug-likeness (QED) is 0.670. The molecule has 0 unspecified atom stereocenters. The lowest BCUT2D eigenvalue weighted by molar-refractivity contribution is -0.874. The average molecular weight is 352 g/mol. The summed E-state index contributed by atoms with van der Waals surface area (Å²) in [6.45, 7) is 6.19. The van der Waals surface area contributed by atoms with Crippen LogP contribution < -0.4 is 15.0 Å². The number of hydrogen-bond acceptors (Lipinski definition) is 1. The Balaban J connectivity index is 2.23. The molecule has 0 saturated heterocycles. The highest BCUT2D eigenvalue weighted by atomic mass is 79.9. The number of ether oxygens (including phenoxy) is 1. The lowest BCUT2D eigenvalue weighted by Crippen LogP contribution is -3.09. The van der Waals surface area contributed by atoms with Gasteiger partial charge in [-0.25, -0.2) is 0 Å². The number of nitrogens with two attached hydrogens (primary N) is 1. The first-order valence-corrected chi connectivity index (χ1v) is 7.87. The minimum absolute atomic E-state index is 0.673. The van der Waals surface area contributed by atoms with Crippen LogP contribution in [0.25, 0.3) is 0 Å². The third-order valence-electron chi connectivity index (χ3n) is 2.84. The number of likely N-dealkylation sites (N-methyl/N-ethyl adjacent to an activating group) is 1. The van der Waals surface area contributed by atoms with Gasteiger partial charge in [-0.05, 0) is 24.6 Å². The maximum absolute atomic E-state index is 6.17. The summed E-state index contributed by atoms with van der Waals surface area (Å²) in [5, 5.41) is 3.01. The summed E-state index contributed by atoms with van der Waals surface area (Å²) in [5.41, 5.74) is 1.07. The Bertz CT molecular complexity index is 376. The van der Waals surface area contributed by atoms with E-state index in [1.54, 1.807) is 0 Å². The molecule has 5 heteroatoms. The van der Waals surface area contributed by atoms with Gasteiger partial charge in [-0.3, -0.25) is 0 Å². The average Bonchev–Trinajstić information content (AvgIpc) is 2.30. The number of aryl methyl sites for hydroxylation is 1. The second-order valence-corrected chi connectivity index (χ2v) is 6.38. The number of rotatable bonds is 8. The molecule has 1 aromatic rings. The van der Waals surface area contributed by atoms with Crippen molar-refractivity contribution in [3.63, 3.8) is 0 Å². The molecule has 0 aliphatic rings. The van der Waals surface area contributed by atoms with E-state index in [-0.39, 0.29) is 0 Å². The number of benzene rings is 1. The zero-order chi connectivity index (χ0) is 14.3. The molecule has 3 nitrogen and oxygen atoms in total. The van der Waals surface area contributed by atoms with Crippen molar-refractivity contribution in [1.29, 1.82) is 0 Å². The Morgan fingerprint density at radius 1 is 1.32 bits per heavy atom. The van der Waals surface area contributed by atoms with Gasteiger partial charge in [-0.15, -0.1) is 0 Å². The topological polar surface area (TPSA) is 30.3 Å². The highest BCUT2D eigenvalue weighted by Crippen LogP contribution is 2.31. The fourth-order valence-corrected chi connectivity index (χ4v) is 2.83. The Kier molecular flexibility index (Phi) is 7.76. The molecule has 1 rings (SSSR count). The van der Waals surface area contributed by atoms with Crippen LogP contribution in [0, 0.1) is 6.92 Å². The second-order valence-electron chi connectivity index (χ2n) is 5.06. The molecule has 0 aromatic heterocycles. The zero-order valence-electron chi connectivity index (χ0n) is 11.9. The minimum atomic E-state index is 0.673. The smallest absolute Gasteiger partial charge is 0.140 e. The van der Waals surface area contributed by atoms with E-state index in [1.807, 2.05) is 19.1 Å². The van der Waals surface area contributed by atoms with Crippen molar-refractivity contribution < 1.29 is 15.0 Å². The lowest BCUT2D eigenvalue weighted by atomic mass is 10.2. The Morgan fingerprint density at radius 3 is 2.68 bits per heavy atom. The van der Waals surface area contributed by atoms with Crippen molar-refractivity contribution in [2.24, 2.45) is 0 Å². The Labute approximate surface area is 129 Å². The third kappa shape index (κ3) is 6.61. The molecule has 0 heterocycles. The summed E-state index contributed by atoms with van der Waals surface area (Å²) in [6.07, 6.45) is 1.04. The monoisotopic (exact) mass is 350 g/mol. The van der Waals surface area contributed by atoms with Gasteiger partial charge in [0.2, 0.25) is 0 Å². The molecular weight excluding hydrogens is 328 g/mol. The lowest BCUT2D eigenvalue weighted by Gasteiger charge is -2.11. The molecule has 3 N–H and O–H groups in total. The van der Waals surface area contributed by atoms with E-state index in [2.05, 4.69) is 35.3 Å². The van der Waals surface area contributed by atoms with Crippen LogP contribution >= 0.6 is 27.5 Å². The van der Waals surface area contributed by atoms with Crippen molar-refractivity contribution in [1.82, 2.24) is 0 Å². The summed E-state index contributed by atoms with van der Waals surface area (Å²) in [5.74, 6) is 0.808. The molecule has 0 saturated carbocycles. The normalized spacial score (nSPS) is 11.1. The molecule has 0 atom stereocenters. The summed E-state index contributed by atoms with van der Waals surface area (Å²) >= 11 is 9.59. The summed E-state index contributed by atoms with van der Waals surface area (Å²) in [4.78, 5) is 1.49. The van der Waals surface area contributed by atoms with E-state index in [0.29, 0.717) is 11.6 Å². The van der Waals surface area contributed by atoms with Crippen molar-refractivity contribution in [3.05, 3.63) is 27.2 Å². The summed E-state index contributed by atoms with van der Waals surface area (Å²) in [6, 6.07) is 3.89. The van der Waals surface area contributed by atoms with Gasteiger partial charge in [-0.2, -0.15) is 0 Å². The molecule has 0 spiro atoms. The van der Waals surface area contributed by atoms with Crippen molar-refractivity contribution in [2.45, 2.75) is 13.3 Å². The van der Waals surface area contributed by atoms with Crippen LogP contribution in [-0.2, 0) is 0 Å². The van der Waals surface area contributed by atoms with Gasteiger partial charge in [0.1, 0.15) is 18.8 Å². The van der Waals surface area contributed by atoms with Gasteiger partial charge in [0.05, 0.1) is 32.3 Å². The highest BCUT2D eigenvalue weighted by molar-refractivity contribution is 9.10. The molecule has 0 radical (unpaired) electrons. The molecule has 0 fully saturated rings. The van der Waals surface area contributed by atoms with Gasteiger partial charge < -0.3 is 15.0 Å². The maximum Gasteiger partial charge on any atom is 0.140 e. The van der Waals surface area contributed by atoms with Crippen molar-refractivity contribution in [3.8, 4) is 5.75 Å². The van der Waals surface area contributed by atoms with Gasteiger partial charge in [-0.1, -0.05) is 27.5 Å². The van der Waals surface area contributed by atoms with E-state index in [0.717, 1.165) is 28.8 Å². The first kappa shape index (κ1) is 16.8. The second kappa shape index (κ2) is 8.80. The Hall–Kier alpha value is -0.290. The standard InChI is InChI=1S/C14H22BrClN2O/c1-11-9-12(15)10-13(16)14(11)19-8-4-5-17-6-7-18(2)3/h9-10,17H,4-8H2,1-3H3/p+2. The van der Waals surface area contributed by atoms with E-state index >= 15 is 0 Å². The number of quaternary nitrogens is 2. The van der Waals surface area contributed by atoms with Gasteiger partial charge in [0.15, 0.2) is 0 Å². The minimum Gasteiger partial charge on any atom is -0.492 e. The van der Waals surface area contributed by atoms with E-state index in [1.165, 1.54) is 18.0 Å². The molecule has 0 aliphatic heterocycles. The van der Waals surface area contributed by atoms with Crippen LogP contribution in [0.15, 0.2) is 16.6 Å². The van der Waals surface area contributed by atoms with Crippen molar-refractivity contribution in [2.75, 3.05) is 40.3 Å². The molecule has 0 bridgehead atoms. The van der Waals surface area contributed by atoms with Crippen LogP contribution in [0.3, 0.4) is 0 Å². The zero-order valence-corrected chi connectivity index (χ0v) is 14.3. The van der Waals surface area contributed by atoms with Crippen LogP contribution in [0.4, 0.5) is 0 Å². The fourth-order valence-electron chi connectivity index (χ4n) is 1.81. The molecule has 108 valence electrons. The van der Waals surface area contributed by atoms with Crippen LogP contribution in [0.5, 0.6) is 5.75 Å². The molecular formula is C14H24BrClN2O+2. The summed E-state index contributed by atoms with van der Waals surface area (Å²) < 4.78 is 6.76. The SMILES string of the molecule is Cc1cc(Br)cc(Cl)c1OCCC[NH2+]CC[NH+](C)C. The number of nitrogens with one attached hydrogen (secondary N) is 1.